The summed E-state index contributed by atoms with van der Waals surface area (Å²) in [5, 5.41) is 36.6. The Kier molecular flexibility index (Phi) is 9.17. The molecule has 3 aromatic rings. The molecule has 0 aliphatic carbocycles. The quantitative estimate of drug-likeness (QED) is 0.258. The first kappa shape index (κ1) is 35.6. The van der Waals surface area contributed by atoms with Gasteiger partial charge >= 0.3 is 0 Å². The van der Waals surface area contributed by atoms with Gasteiger partial charge in [-0.15, -0.1) is 10.2 Å². The Morgan fingerprint density at radius 2 is 1.60 bits per heavy atom. The van der Waals surface area contributed by atoms with E-state index in [2.05, 4.69) is 40.4 Å². The Bertz CT molecular complexity index is 2030. The van der Waals surface area contributed by atoms with Crippen molar-refractivity contribution in [1.82, 2.24) is 30.2 Å². The van der Waals surface area contributed by atoms with Gasteiger partial charge in [-0.1, -0.05) is 12.1 Å². The smallest absolute Gasteiger partial charge is 0.262 e. The van der Waals surface area contributed by atoms with Crippen LogP contribution in [0.2, 0.25) is 0 Å². The molecular formula is C40H47N9O6. The molecule has 1 aromatic heterocycles. The molecule has 9 rings (SSSR count). The molecule has 1 unspecified atom stereocenters. The van der Waals surface area contributed by atoms with Crippen molar-refractivity contribution in [3.63, 3.8) is 0 Å². The molecule has 15 heteroatoms. The lowest BCUT2D eigenvalue weighted by molar-refractivity contribution is -0.136. The zero-order valence-electron chi connectivity index (χ0n) is 30.8. The van der Waals surface area contributed by atoms with Gasteiger partial charge in [0.25, 0.3) is 11.8 Å². The summed E-state index contributed by atoms with van der Waals surface area (Å²) in [6, 6.07) is 13.8. The van der Waals surface area contributed by atoms with E-state index >= 15 is 0 Å². The number of imide groups is 2. The Balaban J connectivity index is 0.745. The van der Waals surface area contributed by atoms with Crippen molar-refractivity contribution in [3.05, 3.63) is 59.7 Å². The minimum Gasteiger partial charge on any atom is -0.507 e. The lowest BCUT2D eigenvalue weighted by Crippen LogP contribution is -2.58. The molecule has 0 saturated carbocycles. The molecular weight excluding hydrogens is 702 g/mol. The van der Waals surface area contributed by atoms with Gasteiger partial charge in [-0.05, 0) is 87.5 Å². The summed E-state index contributed by atoms with van der Waals surface area (Å²) < 4.78 is 0. The number of likely N-dealkylation sites (tertiary alicyclic amines) is 1. The second-order valence-electron chi connectivity index (χ2n) is 16.1. The number of aromatic hydroxyl groups is 1. The lowest BCUT2D eigenvalue weighted by atomic mass is 9.88. The third-order valence-corrected chi connectivity index (χ3v) is 12.6. The number of phenolic OH excluding ortho intramolecular Hbond substituents is 1. The fourth-order valence-electron chi connectivity index (χ4n) is 9.44. The van der Waals surface area contributed by atoms with Gasteiger partial charge in [0, 0.05) is 70.0 Å². The van der Waals surface area contributed by atoms with Crippen LogP contribution in [0.5, 0.6) is 5.75 Å². The first-order valence-corrected chi connectivity index (χ1v) is 19.6. The van der Waals surface area contributed by atoms with E-state index < -0.39 is 35.3 Å². The number of hydrogen-bond donors (Lipinski definition) is 4. The second-order valence-corrected chi connectivity index (χ2v) is 16.1. The van der Waals surface area contributed by atoms with Crippen molar-refractivity contribution < 1.29 is 29.4 Å². The molecule has 15 nitrogen and oxygen atoms in total. The van der Waals surface area contributed by atoms with Crippen molar-refractivity contribution in [1.29, 1.82) is 0 Å². The molecule has 2 atom stereocenters. The number of carbonyl (C=O) groups is 4. The molecule has 7 heterocycles. The van der Waals surface area contributed by atoms with Crippen molar-refractivity contribution in [2.45, 2.75) is 56.2 Å². The number of carbonyl (C=O) groups excluding carboxylic acids is 4. The fourth-order valence-corrected chi connectivity index (χ4v) is 9.44. The number of amides is 4. The van der Waals surface area contributed by atoms with Gasteiger partial charge < -0.3 is 30.2 Å². The van der Waals surface area contributed by atoms with Crippen molar-refractivity contribution in [2.24, 2.45) is 5.92 Å². The van der Waals surface area contributed by atoms with Crippen molar-refractivity contribution in [2.75, 3.05) is 80.6 Å². The normalized spacial score (nSPS) is 24.6. The molecule has 2 aromatic carbocycles. The number of phenols is 1. The number of β-amino-alcohol motifs (C(OH)–C–C–N with tert-alkyl or cyclic N) is 1. The highest BCUT2D eigenvalue weighted by molar-refractivity contribution is 6.23. The van der Waals surface area contributed by atoms with Crippen LogP contribution in [-0.4, -0.2) is 142 Å². The van der Waals surface area contributed by atoms with E-state index in [0.717, 1.165) is 80.7 Å². The summed E-state index contributed by atoms with van der Waals surface area (Å²) in [6.07, 6.45) is 3.61. The molecule has 0 bridgehead atoms. The summed E-state index contributed by atoms with van der Waals surface area (Å²) in [5.74, 6) is -0.437. The highest BCUT2D eigenvalue weighted by atomic mass is 16.3. The van der Waals surface area contributed by atoms with Gasteiger partial charge in [0.15, 0.2) is 5.82 Å². The number of benzene rings is 2. The van der Waals surface area contributed by atoms with Gasteiger partial charge in [-0.2, -0.15) is 0 Å². The summed E-state index contributed by atoms with van der Waals surface area (Å²) in [7, 11) is 0. The topological polar surface area (TPSA) is 175 Å². The molecule has 6 aliphatic rings. The predicted octanol–water partition coefficient (Wildman–Crippen LogP) is 1.91. The number of nitrogens with one attached hydrogen (secondary N) is 2. The molecule has 0 spiro atoms. The van der Waals surface area contributed by atoms with Gasteiger partial charge in [-0.25, -0.2) is 0 Å². The number of nitrogens with zero attached hydrogens (tertiary/aromatic N) is 7. The average molecular weight is 750 g/mol. The van der Waals surface area contributed by atoms with Crippen LogP contribution in [0.4, 0.5) is 17.2 Å². The zero-order chi connectivity index (χ0) is 37.8. The predicted molar refractivity (Wildman–Crippen MR) is 204 cm³/mol. The molecule has 6 aliphatic heterocycles. The number of piperidine rings is 3. The highest BCUT2D eigenvalue weighted by Crippen LogP contribution is 2.37. The average Bonchev–Trinajstić information content (AvgIpc) is 3.43. The maximum Gasteiger partial charge on any atom is 0.262 e. The lowest BCUT2D eigenvalue weighted by Gasteiger charge is -2.47. The van der Waals surface area contributed by atoms with Crippen LogP contribution in [0.25, 0.3) is 11.3 Å². The molecule has 4 N–H and O–H groups in total. The Morgan fingerprint density at radius 3 is 2.38 bits per heavy atom. The Hall–Kier alpha value is -5.12. The van der Waals surface area contributed by atoms with Crippen molar-refractivity contribution >= 4 is 40.8 Å². The maximum atomic E-state index is 13.3. The SMILES string of the molecule is O=C1CCC(N2C(=O)c3ccc(N4CCC(O)(CN5CCC(CN6CCN7c8cc(-c9ccccc9O)nnc8NC[C@H]7C6)CC5)CC4)cc3C2=O)C(=O)N1. The van der Waals surface area contributed by atoms with Crippen molar-refractivity contribution in [3.8, 4) is 17.0 Å². The van der Waals surface area contributed by atoms with E-state index in [9.17, 15) is 29.4 Å². The molecule has 4 saturated heterocycles. The largest absolute Gasteiger partial charge is 0.507 e. The van der Waals surface area contributed by atoms with Crippen LogP contribution in [0.3, 0.4) is 0 Å². The van der Waals surface area contributed by atoms with E-state index in [1.54, 1.807) is 24.3 Å². The molecule has 288 valence electrons. The first-order chi connectivity index (χ1) is 26.6. The summed E-state index contributed by atoms with van der Waals surface area (Å²) in [6.45, 7) is 8.58. The van der Waals surface area contributed by atoms with E-state index in [1.165, 1.54) is 0 Å². The second kappa shape index (κ2) is 14.2. The summed E-state index contributed by atoms with van der Waals surface area (Å²) in [5.41, 5.74) is 2.95. The number of fused-ring (bicyclic) bond motifs is 4. The van der Waals surface area contributed by atoms with Gasteiger partial charge in [-0.3, -0.25) is 34.3 Å². The van der Waals surface area contributed by atoms with Crippen LogP contribution in [0.1, 0.15) is 59.2 Å². The number of piperazine rings is 1. The summed E-state index contributed by atoms with van der Waals surface area (Å²) >= 11 is 0. The number of rotatable bonds is 7. The minimum absolute atomic E-state index is 0.0819. The van der Waals surface area contributed by atoms with Crippen LogP contribution in [0, 0.1) is 5.92 Å². The number of aromatic nitrogens is 2. The third kappa shape index (κ3) is 6.78. The third-order valence-electron chi connectivity index (χ3n) is 12.6. The summed E-state index contributed by atoms with van der Waals surface area (Å²) in [4.78, 5) is 61.1. The number of para-hydroxylation sites is 1. The molecule has 0 radical (unpaired) electrons. The Morgan fingerprint density at radius 1 is 0.818 bits per heavy atom. The van der Waals surface area contributed by atoms with E-state index in [0.29, 0.717) is 55.7 Å². The van der Waals surface area contributed by atoms with Gasteiger partial charge in [0.05, 0.1) is 34.2 Å². The molecule has 4 fully saturated rings. The maximum absolute atomic E-state index is 13.3. The number of hydrogen-bond acceptors (Lipinski definition) is 13. The molecule has 55 heavy (non-hydrogen) atoms. The Labute approximate surface area is 319 Å². The van der Waals surface area contributed by atoms with Crippen LogP contribution >= 0.6 is 0 Å². The zero-order valence-corrected chi connectivity index (χ0v) is 30.8. The molecule has 4 amide bonds. The van der Waals surface area contributed by atoms with Crippen LogP contribution in [0.15, 0.2) is 48.5 Å². The van der Waals surface area contributed by atoms with Crippen LogP contribution in [-0.2, 0) is 9.59 Å². The minimum atomic E-state index is -0.990. The fraction of sp³-hybridized carbons (Fsp3) is 0.500. The van der Waals surface area contributed by atoms with E-state index in [4.69, 9.17) is 0 Å². The first-order valence-electron chi connectivity index (χ1n) is 19.6. The van der Waals surface area contributed by atoms with Gasteiger partial charge in [0.2, 0.25) is 11.8 Å². The van der Waals surface area contributed by atoms with Gasteiger partial charge in [0.1, 0.15) is 11.8 Å². The standard InChI is InChI=1S/C40H47N9O6/c50-34-4-2-1-3-29(34)31-20-33-36(44-43-31)41-21-27-23-46(17-18-48(27)33)22-25-9-13-45(14-10-25)24-40(55)11-15-47(16-12-40)26-5-6-28-30(19-26)39(54)49(38(28)53)32-7-8-35(51)42-37(32)52/h1-6,19-20,25,27,32,50,55H,7-18,21-24H2,(H,41,44)(H,42,51,52)/t27-,32?/m0/s1. The van der Waals surface area contributed by atoms with Crippen LogP contribution < -0.4 is 20.4 Å². The monoisotopic (exact) mass is 749 g/mol. The highest BCUT2D eigenvalue weighted by Gasteiger charge is 2.45. The van der Waals surface area contributed by atoms with E-state index in [1.807, 2.05) is 24.3 Å². The number of aliphatic hydroxyl groups is 1. The number of anilines is 3. The van der Waals surface area contributed by atoms with E-state index in [-0.39, 0.29) is 29.7 Å².